The zero-order chi connectivity index (χ0) is 11.0. The van der Waals surface area contributed by atoms with Crippen molar-refractivity contribution in [1.82, 2.24) is 0 Å². The van der Waals surface area contributed by atoms with E-state index >= 15 is 0 Å². The van der Waals surface area contributed by atoms with Gasteiger partial charge in [-0.05, 0) is 43.9 Å². The molecule has 0 bridgehead atoms. The predicted molar refractivity (Wildman–Crippen MR) is 64.4 cm³/mol. The summed E-state index contributed by atoms with van der Waals surface area (Å²) in [4.78, 5) is 0. The van der Waals surface area contributed by atoms with Crippen LogP contribution in [0.5, 0.6) is 0 Å². The van der Waals surface area contributed by atoms with Crippen molar-refractivity contribution in [3.8, 4) is 0 Å². The summed E-state index contributed by atoms with van der Waals surface area (Å²) in [5.41, 5.74) is 4.20. The summed E-state index contributed by atoms with van der Waals surface area (Å²) in [6.45, 7) is 14.3. The lowest BCUT2D eigenvalue weighted by molar-refractivity contribution is 0.175. The van der Waals surface area contributed by atoms with Crippen molar-refractivity contribution in [2.24, 2.45) is 10.8 Å². The van der Waals surface area contributed by atoms with Gasteiger partial charge in [-0.3, -0.25) is 0 Å². The third-order valence-corrected chi connectivity index (χ3v) is 4.97. The molecule has 0 aromatic heterocycles. The van der Waals surface area contributed by atoms with Gasteiger partial charge in [-0.2, -0.15) is 0 Å². The van der Waals surface area contributed by atoms with E-state index in [1.54, 1.807) is 11.1 Å². The van der Waals surface area contributed by atoms with Crippen LogP contribution in [0.4, 0.5) is 0 Å². The number of hydrogen-bond donors (Lipinski definition) is 0. The molecule has 0 heterocycles. The fraction of sp³-hybridized carbons (Fsp3) is 0.857. The maximum atomic E-state index is 2.47. The van der Waals surface area contributed by atoms with Crippen LogP contribution < -0.4 is 0 Å². The van der Waals surface area contributed by atoms with Gasteiger partial charge < -0.3 is 0 Å². The molecule has 0 spiro atoms. The maximum Gasteiger partial charge on any atom is -0.00654 e. The average Bonchev–Trinajstić information content (AvgIpc) is 2.40. The van der Waals surface area contributed by atoms with E-state index in [9.17, 15) is 0 Å². The third kappa shape index (κ3) is 1.64. The first kappa shape index (κ1) is 11.8. The predicted octanol–water partition coefficient (Wildman–Crippen LogP) is 4.95. The molecule has 0 aromatic rings. The van der Waals surface area contributed by atoms with Crippen molar-refractivity contribution in [3.63, 3.8) is 0 Å². The number of rotatable bonds is 2. The van der Waals surface area contributed by atoms with Crippen LogP contribution in [0, 0.1) is 10.8 Å². The first-order valence-corrected chi connectivity index (χ1v) is 6.02. The highest BCUT2D eigenvalue weighted by Gasteiger charge is 2.46. The van der Waals surface area contributed by atoms with E-state index in [4.69, 9.17) is 0 Å². The molecule has 0 saturated heterocycles. The van der Waals surface area contributed by atoms with E-state index in [2.05, 4.69) is 41.5 Å². The Morgan fingerprint density at radius 1 is 1.07 bits per heavy atom. The molecular weight excluding hydrogens is 168 g/mol. The largest absolute Gasteiger partial charge is 0.0741 e. The molecule has 0 nitrogen and oxygen atoms in total. The Hall–Kier alpha value is -0.260. The van der Waals surface area contributed by atoms with Gasteiger partial charge in [-0.1, -0.05) is 45.3 Å². The molecule has 1 rings (SSSR count). The lowest BCUT2D eigenvalue weighted by Gasteiger charge is -2.40. The van der Waals surface area contributed by atoms with Gasteiger partial charge in [0.1, 0.15) is 0 Å². The maximum absolute atomic E-state index is 2.47. The Kier molecular flexibility index (Phi) is 3.13. The summed E-state index contributed by atoms with van der Waals surface area (Å²) in [5, 5.41) is 0. The van der Waals surface area contributed by atoms with Crippen molar-refractivity contribution < 1.29 is 0 Å². The number of allylic oxidation sites excluding steroid dienone is 2. The Bertz CT molecular complexity index is 245. The molecule has 1 aliphatic rings. The minimum atomic E-state index is 0.451. The third-order valence-electron chi connectivity index (χ3n) is 4.97. The lowest BCUT2D eigenvalue weighted by atomic mass is 9.64. The van der Waals surface area contributed by atoms with Gasteiger partial charge in [0.25, 0.3) is 0 Å². The lowest BCUT2D eigenvalue weighted by Crippen LogP contribution is -2.31. The minimum Gasteiger partial charge on any atom is -0.0741 e. The highest BCUT2D eigenvalue weighted by Crippen LogP contribution is 2.57. The van der Waals surface area contributed by atoms with Gasteiger partial charge in [-0.25, -0.2) is 0 Å². The smallest absolute Gasteiger partial charge is 0.00654 e. The van der Waals surface area contributed by atoms with E-state index in [0.717, 1.165) is 0 Å². The molecule has 0 radical (unpaired) electrons. The van der Waals surface area contributed by atoms with Gasteiger partial charge in [0.2, 0.25) is 0 Å². The quantitative estimate of drug-likeness (QED) is 0.546. The topological polar surface area (TPSA) is 0 Å². The van der Waals surface area contributed by atoms with E-state index in [1.807, 2.05) is 0 Å². The molecule has 82 valence electrons. The molecular formula is C14H26. The van der Waals surface area contributed by atoms with Gasteiger partial charge in [0.15, 0.2) is 0 Å². The highest BCUT2D eigenvalue weighted by molar-refractivity contribution is 5.22. The second-order valence-corrected chi connectivity index (χ2v) is 5.83. The van der Waals surface area contributed by atoms with Crippen molar-refractivity contribution in [1.29, 1.82) is 0 Å². The minimum absolute atomic E-state index is 0.451. The Labute approximate surface area is 89.8 Å². The van der Waals surface area contributed by atoms with Crippen LogP contribution in [0.15, 0.2) is 11.1 Å². The molecule has 1 atom stereocenters. The summed E-state index contributed by atoms with van der Waals surface area (Å²) in [6.07, 6.45) is 5.37. The molecule has 0 N–H and O–H groups in total. The molecule has 1 unspecified atom stereocenters. The molecule has 0 aliphatic heterocycles. The summed E-state index contributed by atoms with van der Waals surface area (Å²) >= 11 is 0. The van der Waals surface area contributed by atoms with E-state index < -0.39 is 0 Å². The summed E-state index contributed by atoms with van der Waals surface area (Å²) in [5.74, 6) is 0. The van der Waals surface area contributed by atoms with Crippen LogP contribution in [0.3, 0.4) is 0 Å². The van der Waals surface area contributed by atoms with Crippen molar-refractivity contribution in [3.05, 3.63) is 11.1 Å². The molecule has 0 aromatic carbocycles. The van der Waals surface area contributed by atoms with Crippen LogP contribution in [0.1, 0.15) is 67.2 Å². The standard InChI is InChI=1S/C14H26/c1-7-11(2)12(3)14(6)10-8-9-13(14,4)5/h7-10H2,1-6H3. The Morgan fingerprint density at radius 2 is 1.64 bits per heavy atom. The Morgan fingerprint density at radius 3 is 2.00 bits per heavy atom. The molecule has 1 fully saturated rings. The van der Waals surface area contributed by atoms with Crippen molar-refractivity contribution >= 4 is 0 Å². The molecule has 0 amide bonds. The fourth-order valence-electron chi connectivity index (χ4n) is 2.93. The van der Waals surface area contributed by atoms with Crippen LogP contribution in [0.25, 0.3) is 0 Å². The molecule has 1 aliphatic carbocycles. The number of hydrogen-bond acceptors (Lipinski definition) is 0. The second kappa shape index (κ2) is 3.72. The summed E-state index contributed by atoms with van der Waals surface area (Å²) in [6, 6.07) is 0. The SMILES string of the molecule is CCC(C)=C(C)C1(C)CCCC1(C)C. The van der Waals surface area contributed by atoms with E-state index in [0.29, 0.717) is 10.8 Å². The van der Waals surface area contributed by atoms with Gasteiger partial charge in [0, 0.05) is 0 Å². The highest BCUT2D eigenvalue weighted by atomic mass is 14.5. The molecule has 1 saturated carbocycles. The Balaban J connectivity index is 3.07. The van der Waals surface area contributed by atoms with Crippen molar-refractivity contribution in [2.75, 3.05) is 0 Å². The zero-order valence-electron chi connectivity index (χ0n) is 10.8. The first-order valence-electron chi connectivity index (χ1n) is 6.02. The average molecular weight is 194 g/mol. The summed E-state index contributed by atoms with van der Waals surface area (Å²) < 4.78 is 0. The second-order valence-electron chi connectivity index (χ2n) is 5.83. The van der Waals surface area contributed by atoms with Crippen LogP contribution in [-0.2, 0) is 0 Å². The van der Waals surface area contributed by atoms with Crippen molar-refractivity contribution in [2.45, 2.75) is 67.2 Å². The van der Waals surface area contributed by atoms with Gasteiger partial charge >= 0.3 is 0 Å². The molecule has 0 heteroatoms. The monoisotopic (exact) mass is 194 g/mol. The zero-order valence-corrected chi connectivity index (χ0v) is 10.8. The van der Waals surface area contributed by atoms with E-state index in [1.165, 1.54) is 25.7 Å². The fourth-order valence-corrected chi connectivity index (χ4v) is 2.93. The normalized spacial score (nSPS) is 33.0. The van der Waals surface area contributed by atoms with Crippen LogP contribution >= 0.6 is 0 Å². The molecule has 14 heavy (non-hydrogen) atoms. The first-order chi connectivity index (χ1) is 6.35. The summed E-state index contributed by atoms with van der Waals surface area (Å²) in [7, 11) is 0. The van der Waals surface area contributed by atoms with Gasteiger partial charge in [0.05, 0.1) is 0 Å². The van der Waals surface area contributed by atoms with Crippen LogP contribution in [-0.4, -0.2) is 0 Å². The van der Waals surface area contributed by atoms with E-state index in [-0.39, 0.29) is 0 Å². The van der Waals surface area contributed by atoms with Crippen LogP contribution in [0.2, 0.25) is 0 Å². The van der Waals surface area contributed by atoms with Gasteiger partial charge in [-0.15, -0.1) is 0 Å².